The summed E-state index contributed by atoms with van der Waals surface area (Å²) < 4.78 is 5.29. The molecule has 2 aliphatic rings. The molecule has 1 amide bonds. The number of epoxide rings is 1. The van der Waals surface area contributed by atoms with Crippen LogP contribution in [-0.4, -0.2) is 57.0 Å². The van der Waals surface area contributed by atoms with Gasteiger partial charge in [-0.15, -0.1) is 0 Å². The SMILES string of the molecule is CC=C(C=C(C)C=C(C)C=CC=C(C)C(=O)C12OC1C(O)(CCO)NC2=O)C(=O)O. The zero-order valence-corrected chi connectivity index (χ0v) is 17.4. The Morgan fingerprint density at radius 3 is 2.40 bits per heavy atom. The van der Waals surface area contributed by atoms with Crippen LogP contribution in [0.5, 0.6) is 0 Å². The summed E-state index contributed by atoms with van der Waals surface area (Å²) in [5.41, 5.74) is -1.43. The van der Waals surface area contributed by atoms with E-state index in [1.807, 2.05) is 6.92 Å². The topological polar surface area (TPSA) is 136 Å². The van der Waals surface area contributed by atoms with Crippen LogP contribution in [0.2, 0.25) is 0 Å². The number of carboxylic acids is 1. The van der Waals surface area contributed by atoms with Crippen molar-refractivity contribution in [2.75, 3.05) is 6.61 Å². The highest BCUT2D eigenvalue weighted by Crippen LogP contribution is 2.50. The first-order valence-electron chi connectivity index (χ1n) is 9.51. The van der Waals surface area contributed by atoms with Gasteiger partial charge >= 0.3 is 5.97 Å². The summed E-state index contributed by atoms with van der Waals surface area (Å²) in [6.45, 7) is 6.45. The third kappa shape index (κ3) is 4.51. The number of carbonyl (C=O) groups excluding carboxylic acids is 2. The summed E-state index contributed by atoms with van der Waals surface area (Å²) in [5, 5.41) is 30.8. The van der Waals surface area contributed by atoms with E-state index in [1.165, 1.54) is 12.2 Å². The minimum atomic E-state index is -1.75. The predicted octanol–water partition coefficient (Wildman–Crippen LogP) is 1.32. The third-order valence-corrected chi connectivity index (χ3v) is 5.01. The molecule has 3 atom stereocenters. The average molecular weight is 417 g/mol. The van der Waals surface area contributed by atoms with Gasteiger partial charge in [-0.1, -0.05) is 41.5 Å². The van der Waals surface area contributed by atoms with Crippen molar-refractivity contribution in [3.8, 4) is 0 Å². The van der Waals surface area contributed by atoms with Crippen LogP contribution in [0.4, 0.5) is 0 Å². The second-order valence-corrected chi connectivity index (χ2v) is 7.45. The molecule has 8 heteroatoms. The molecule has 0 aliphatic carbocycles. The molecule has 0 aromatic carbocycles. The zero-order valence-electron chi connectivity index (χ0n) is 17.4. The Balaban J connectivity index is 2.09. The maximum atomic E-state index is 12.7. The molecule has 0 spiro atoms. The molecule has 2 aliphatic heterocycles. The number of ketones is 1. The smallest absolute Gasteiger partial charge is 0.335 e. The van der Waals surface area contributed by atoms with Gasteiger partial charge in [0.05, 0.1) is 5.57 Å². The predicted molar refractivity (Wildman–Crippen MR) is 109 cm³/mol. The fraction of sp³-hybridized carbons (Fsp3) is 0.409. The van der Waals surface area contributed by atoms with Gasteiger partial charge in [0.2, 0.25) is 11.4 Å². The lowest BCUT2D eigenvalue weighted by Gasteiger charge is -2.22. The number of hydrogen-bond donors (Lipinski definition) is 4. The lowest BCUT2D eigenvalue weighted by atomic mass is 9.92. The van der Waals surface area contributed by atoms with Gasteiger partial charge in [-0.05, 0) is 39.3 Å². The summed E-state index contributed by atoms with van der Waals surface area (Å²) in [4.78, 5) is 36.0. The van der Waals surface area contributed by atoms with E-state index < -0.39 is 35.1 Å². The van der Waals surface area contributed by atoms with E-state index in [9.17, 15) is 19.5 Å². The van der Waals surface area contributed by atoms with Crippen molar-refractivity contribution < 1.29 is 34.4 Å². The molecule has 4 N–H and O–H groups in total. The van der Waals surface area contributed by atoms with Crippen LogP contribution in [0.15, 0.2) is 58.7 Å². The number of carboxylic acid groups (broad SMARTS) is 1. The lowest BCUT2D eigenvalue weighted by Crippen LogP contribution is -2.48. The fourth-order valence-electron chi connectivity index (χ4n) is 3.43. The van der Waals surface area contributed by atoms with Crippen LogP contribution in [0.25, 0.3) is 0 Å². The van der Waals surface area contributed by atoms with E-state index in [1.54, 1.807) is 45.1 Å². The molecule has 0 bridgehead atoms. The minimum Gasteiger partial charge on any atom is -0.478 e. The van der Waals surface area contributed by atoms with E-state index in [2.05, 4.69) is 5.32 Å². The number of aliphatic carboxylic acids is 1. The molecular weight excluding hydrogens is 390 g/mol. The van der Waals surface area contributed by atoms with Gasteiger partial charge in [-0.25, -0.2) is 4.79 Å². The van der Waals surface area contributed by atoms with Crippen molar-refractivity contribution in [3.63, 3.8) is 0 Å². The van der Waals surface area contributed by atoms with E-state index in [-0.39, 0.29) is 24.2 Å². The van der Waals surface area contributed by atoms with E-state index >= 15 is 0 Å². The summed E-state index contributed by atoms with van der Waals surface area (Å²) in [6.07, 6.45) is 8.63. The quantitative estimate of drug-likeness (QED) is 0.192. The number of aliphatic hydroxyl groups excluding tert-OH is 1. The molecule has 0 aromatic heterocycles. The summed E-state index contributed by atoms with van der Waals surface area (Å²) in [6, 6.07) is 0. The highest BCUT2D eigenvalue weighted by Gasteiger charge is 2.80. The first-order valence-corrected chi connectivity index (χ1v) is 9.51. The normalized spacial score (nSPS) is 29.8. The van der Waals surface area contributed by atoms with Gasteiger partial charge < -0.3 is 25.4 Å². The number of morpholine rings is 1. The van der Waals surface area contributed by atoms with Crippen molar-refractivity contribution in [2.24, 2.45) is 0 Å². The Morgan fingerprint density at radius 2 is 1.87 bits per heavy atom. The maximum absolute atomic E-state index is 12.7. The van der Waals surface area contributed by atoms with Crippen molar-refractivity contribution >= 4 is 17.7 Å². The molecule has 2 saturated heterocycles. The highest BCUT2D eigenvalue weighted by molar-refractivity contribution is 6.21. The van der Waals surface area contributed by atoms with Crippen LogP contribution >= 0.6 is 0 Å². The number of rotatable bonds is 9. The van der Waals surface area contributed by atoms with Gasteiger partial charge in [0.1, 0.15) is 0 Å². The number of hydrogen-bond acceptors (Lipinski definition) is 6. The largest absolute Gasteiger partial charge is 0.478 e. The molecule has 0 radical (unpaired) electrons. The lowest BCUT2D eigenvalue weighted by molar-refractivity contribution is -0.138. The molecule has 2 fully saturated rings. The van der Waals surface area contributed by atoms with Crippen molar-refractivity contribution in [2.45, 2.75) is 51.5 Å². The molecule has 0 saturated carbocycles. The Hall–Kier alpha value is -2.81. The number of ether oxygens (including phenoxy) is 1. The number of nitrogens with one attached hydrogen (secondary N) is 1. The van der Waals surface area contributed by atoms with Crippen LogP contribution in [0.1, 0.15) is 34.1 Å². The Bertz CT molecular complexity index is 908. The number of amides is 1. The zero-order chi connectivity index (χ0) is 22.7. The van der Waals surface area contributed by atoms with Crippen molar-refractivity contribution in [1.29, 1.82) is 0 Å². The van der Waals surface area contributed by atoms with E-state index in [0.29, 0.717) is 0 Å². The van der Waals surface area contributed by atoms with Crippen LogP contribution in [0, 0.1) is 0 Å². The molecule has 8 nitrogen and oxygen atoms in total. The van der Waals surface area contributed by atoms with Gasteiger partial charge in [-0.2, -0.15) is 0 Å². The van der Waals surface area contributed by atoms with Gasteiger partial charge in [0, 0.05) is 13.0 Å². The van der Waals surface area contributed by atoms with Gasteiger partial charge in [-0.3, -0.25) is 9.59 Å². The summed E-state index contributed by atoms with van der Waals surface area (Å²) >= 11 is 0. The summed E-state index contributed by atoms with van der Waals surface area (Å²) in [5.74, 6) is -2.25. The minimum absolute atomic E-state index is 0.130. The van der Waals surface area contributed by atoms with Crippen LogP contribution in [-0.2, 0) is 19.1 Å². The Labute approximate surface area is 174 Å². The molecule has 0 aromatic rings. The molecule has 30 heavy (non-hydrogen) atoms. The first kappa shape index (κ1) is 23.5. The number of Topliss-reactive ketones (excluding diaryl/α,β-unsaturated/α-hetero) is 1. The summed E-state index contributed by atoms with van der Waals surface area (Å²) in [7, 11) is 0. The van der Waals surface area contributed by atoms with Crippen molar-refractivity contribution in [3.05, 3.63) is 58.7 Å². The van der Waals surface area contributed by atoms with Crippen molar-refractivity contribution in [1.82, 2.24) is 5.32 Å². The van der Waals surface area contributed by atoms with Crippen LogP contribution < -0.4 is 5.32 Å². The molecule has 2 rings (SSSR count). The third-order valence-electron chi connectivity index (χ3n) is 5.01. The number of fused-ring (bicyclic) bond motifs is 1. The van der Waals surface area contributed by atoms with E-state index in [4.69, 9.17) is 14.9 Å². The Morgan fingerprint density at radius 1 is 1.20 bits per heavy atom. The highest BCUT2D eigenvalue weighted by atomic mass is 16.6. The molecular formula is C22H27NO7. The fourth-order valence-corrected chi connectivity index (χ4v) is 3.43. The number of allylic oxidation sites excluding steroid dienone is 7. The van der Waals surface area contributed by atoms with Crippen LogP contribution in [0.3, 0.4) is 0 Å². The van der Waals surface area contributed by atoms with Gasteiger partial charge in [0.15, 0.2) is 11.8 Å². The number of carbonyl (C=O) groups is 3. The molecule has 2 heterocycles. The number of aliphatic hydroxyl groups is 2. The average Bonchev–Trinajstić information content (AvgIpc) is 3.38. The standard InChI is InChI=1S/C22H27NO7/c1-5-16(18(26)27)12-14(3)11-13(2)7-6-8-15(4)17(25)22-19(30-22)21(29,9-10-24)23-20(22)28/h5-8,11-12,19,24,29H,9-10H2,1-4H3,(H,23,28)(H,26,27). The molecule has 3 unspecified atom stereocenters. The molecule has 162 valence electrons. The monoisotopic (exact) mass is 417 g/mol. The second kappa shape index (κ2) is 8.91. The van der Waals surface area contributed by atoms with E-state index in [0.717, 1.165) is 11.1 Å². The second-order valence-electron chi connectivity index (χ2n) is 7.45. The van der Waals surface area contributed by atoms with Gasteiger partial charge in [0.25, 0.3) is 5.91 Å². The maximum Gasteiger partial charge on any atom is 0.335 e. The first-order chi connectivity index (χ1) is 14.0. The Kier molecular flexibility index (Phi) is 6.97.